The van der Waals surface area contributed by atoms with Crippen LogP contribution in [0.25, 0.3) is 11.0 Å². The first-order chi connectivity index (χ1) is 13.3. The van der Waals surface area contributed by atoms with Crippen LogP contribution in [-0.2, 0) is 6.54 Å². The molecule has 27 heavy (non-hydrogen) atoms. The van der Waals surface area contributed by atoms with Crippen LogP contribution in [0.4, 0.5) is 5.95 Å². The summed E-state index contributed by atoms with van der Waals surface area (Å²) in [6.07, 6.45) is 3.89. The minimum Gasteiger partial charge on any atom is -0.467 e. The zero-order chi connectivity index (χ0) is 18.5. The number of fused-ring (bicyclic) bond motifs is 1. The number of aliphatic imine (C=N–C) groups is 1. The van der Waals surface area contributed by atoms with Gasteiger partial charge in [0.15, 0.2) is 0 Å². The van der Waals surface area contributed by atoms with E-state index >= 15 is 0 Å². The van der Waals surface area contributed by atoms with Crippen LogP contribution < -0.4 is 5.32 Å². The van der Waals surface area contributed by atoms with Gasteiger partial charge in [-0.25, -0.2) is 9.98 Å². The van der Waals surface area contributed by atoms with E-state index in [4.69, 9.17) is 9.40 Å². The molecule has 6 nitrogen and oxygen atoms in total. The molecular weight excluding hydrogens is 358 g/mol. The van der Waals surface area contributed by atoms with Crippen molar-refractivity contribution in [3.8, 4) is 0 Å². The number of anilines is 1. The molecule has 0 saturated carbocycles. The number of benzene rings is 1. The van der Waals surface area contributed by atoms with Gasteiger partial charge in [0.25, 0.3) is 0 Å². The third kappa shape index (κ3) is 4.27. The lowest BCUT2D eigenvalue weighted by Crippen LogP contribution is -2.40. The van der Waals surface area contributed by atoms with Crippen molar-refractivity contribution >= 4 is 34.4 Å². The van der Waals surface area contributed by atoms with Crippen molar-refractivity contribution in [2.75, 3.05) is 31.5 Å². The molecule has 0 bridgehead atoms. The molecule has 0 spiro atoms. The standard InChI is InChI=1S/C20H23N5OS/c27-15-21-9-12-24-10-7-16(8-11-24)22-20-23-18-5-1-2-6-19(18)25(20)14-17-4-3-13-26-17/h1-6,13,16H,7-12,14H2,(H,22,23). The summed E-state index contributed by atoms with van der Waals surface area (Å²) < 4.78 is 7.76. The van der Waals surface area contributed by atoms with Crippen molar-refractivity contribution in [1.29, 1.82) is 0 Å². The maximum absolute atomic E-state index is 5.56. The second-order valence-electron chi connectivity index (χ2n) is 6.82. The summed E-state index contributed by atoms with van der Waals surface area (Å²) in [6.45, 7) is 4.48. The number of hydrogen-bond acceptors (Lipinski definition) is 6. The minimum absolute atomic E-state index is 0.419. The number of piperidine rings is 1. The number of thiocarbonyl (C=S) groups is 1. The first-order valence-corrected chi connectivity index (χ1v) is 9.74. The van der Waals surface area contributed by atoms with Crippen LogP contribution in [0.2, 0.25) is 0 Å². The predicted molar refractivity (Wildman–Crippen MR) is 111 cm³/mol. The zero-order valence-electron chi connectivity index (χ0n) is 15.2. The van der Waals surface area contributed by atoms with Crippen molar-refractivity contribution in [1.82, 2.24) is 14.5 Å². The van der Waals surface area contributed by atoms with E-state index in [0.29, 0.717) is 12.6 Å². The monoisotopic (exact) mass is 381 g/mol. The van der Waals surface area contributed by atoms with Gasteiger partial charge in [-0.3, -0.25) is 0 Å². The van der Waals surface area contributed by atoms with Gasteiger partial charge in [-0.15, -0.1) is 0 Å². The highest BCUT2D eigenvalue weighted by Gasteiger charge is 2.21. The summed E-state index contributed by atoms with van der Waals surface area (Å²) in [5.74, 6) is 1.84. The fraction of sp³-hybridized carbons (Fsp3) is 0.400. The van der Waals surface area contributed by atoms with Crippen molar-refractivity contribution in [2.24, 2.45) is 4.99 Å². The molecule has 0 unspecified atom stereocenters. The Morgan fingerprint density at radius 3 is 2.85 bits per heavy atom. The van der Waals surface area contributed by atoms with Crippen molar-refractivity contribution in [2.45, 2.75) is 25.4 Å². The molecule has 1 aliphatic rings. The number of rotatable bonds is 7. The van der Waals surface area contributed by atoms with Crippen molar-refractivity contribution < 1.29 is 4.42 Å². The number of furan rings is 1. The minimum atomic E-state index is 0.419. The Labute approximate surface area is 163 Å². The van der Waals surface area contributed by atoms with E-state index in [1.54, 1.807) is 6.26 Å². The molecule has 2 aromatic heterocycles. The van der Waals surface area contributed by atoms with Crippen LogP contribution in [-0.4, -0.2) is 51.8 Å². The molecule has 140 valence electrons. The molecule has 0 radical (unpaired) electrons. The summed E-state index contributed by atoms with van der Waals surface area (Å²) >= 11 is 4.63. The highest BCUT2D eigenvalue weighted by atomic mass is 32.1. The van der Waals surface area contributed by atoms with Gasteiger partial charge in [-0.1, -0.05) is 12.1 Å². The summed E-state index contributed by atoms with van der Waals surface area (Å²) in [6, 6.07) is 12.6. The Hall–Kier alpha value is -2.47. The van der Waals surface area contributed by atoms with Gasteiger partial charge in [0.05, 0.1) is 35.5 Å². The molecule has 1 aliphatic heterocycles. The Bertz CT molecular complexity index is 921. The lowest BCUT2D eigenvalue weighted by molar-refractivity contribution is 0.224. The van der Waals surface area contributed by atoms with Crippen LogP contribution in [0.1, 0.15) is 18.6 Å². The highest BCUT2D eigenvalue weighted by molar-refractivity contribution is 7.78. The summed E-state index contributed by atoms with van der Waals surface area (Å²) in [5, 5.41) is 6.11. The highest BCUT2D eigenvalue weighted by Crippen LogP contribution is 2.23. The largest absolute Gasteiger partial charge is 0.467 e. The summed E-state index contributed by atoms with van der Waals surface area (Å²) in [4.78, 5) is 11.3. The Kier molecular flexibility index (Phi) is 5.63. The summed E-state index contributed by atoms with van der Waals surface area (Å²) in [7, 11) is 0. The van der Waals surface area contributed by atoms with Gasteiger partial charge in [-0.2, -0.15) is 0 Å². The zero-order valence-corrected chi connectivity index (χ0v) is 16.0. The second kappa shape index (κ2) is 8.48. The molecule has 1 N–H and O–H groups in total. The number of para-hydroxylation sites is 2. The van der Waals surface area contributed by atoms with Crippen molar-refractivity contribution in [3.05, 3.63) is 48.4 Å². The lowest BCUT2D eigenvalue weighted by Gasteiger charge is -2.32. The summed E-state index contributed by atoms with van der Waals surface area (Å²) in [5.41, 5.74) is 2.12. The van der Waals surface area contributed by atoms with Gasteiger partial charge >= 0.3 is 0 Å². The number of imidazole rings is 1. The Morgan fingerprint density at radius 2 is 2.07 bits per heavy atom. The number of likely N-dealkylation sites (tertiary alicyclic amines) is 1. The Balaban J connectivity index is 1.46. The molecule has 4 rings (SSSR count). The van der Waals surface area contributed by atoms with E-state index in [2.05, 4.69) is 49.3 Å². The normalized spacial score (nSPS) is 15.7. The van der Waals surface area contributed by atoms with E-state index in [0.717, 1.165) is 61.8 Å². The fourth-order valence-corrected chi connectivity index (χ4v) is 3.72. The van der Waals surface area contributed by atoms with Gasteiger partial charge in [0, 0.05) is 25.7 Å². The quantitative estimate of drug-likeness (QED) is 0.500. The molecule has 7 heteroatoms. The molecule has 1 saturated heterocycles. The number of nitrogens with zero attached hydrogens (tertiary/aromatic N) is 4. The van der Waals surface area contributed by atoms with Gasteiger partial charge < -0.3 is 19.2 Å². The second-order valence-corrected chi connectivity index (χ2v) is 7.01. The van der Waals surface area contributed by atoms with Crippen molar-refractivity contribution in [3.63, 3.8) is 0 Å². The molecule has 3 heterocycles. The van der Waals surface area contributed by atoms with Gasteiger partial charge in [-0.05, 0) is 49.3 Å². The first kappa shape index (κ1) is 17.9. The SMILES string of the molecule is S=C=NCCN1CCC(Nc2nc3ccccc3n2Cc2ccco2)CC1. The topological polar surface area (TPSA) is 58.6 Å². The van der Waals surface area contributed by atoms with Crippen LogP contribution >= 0.6 is 12.2 Å². The fourth-order valence-electron chi connectivity index (χ4n) is 3.62. The molecule has 1 fully saturated rings. The van der Waals surface area contributed by atoms with Gasteiger partial charge in [0.2, 0.25) is 5.95 Å². The van der Waals surface area contributed by atoms with Crippen LogP contribution in [0.3, 0.4) is 0 Å². The molecule has 3 aromatic rings. The van der Waals surface area contributed by atoms with Crippen LogP contribution in [0, 0.1) is 0 Å². The van der Waals surface area contributed by atoms with E-state index in [1.807, 2.05) is 24.3 Å². The molecular formula is C20H23N5OS. The maximum Gasteiger partial charge on any atom is 0.204 e. The first-order valence-electron chi connectivity index (χ1n) is 9.33. The number of hydrogen-bond donors (Lipinski definition) is 1. The van der Waals surface area contributed by atoms with Crippen LogP contribution in [0.15, 0.2) is 52.1 Å². The molecule has 1 aromatic carbocycles. The van der Waals surface area contributed by atoms with E-state index in [-0.39, 0.29) is 0 Å². The third-order valence-electron chi connectivity index (χ3n) is 5.06. The molecule has 0 aliphatic carbocycles. The van der Waals surface area contributed by atoms with E-state index in [1.165, 1.54) is 0 Å². The average Bonchev–Trinajstić information content (AvgIpc) is 3.32. The molecule has 0 atom stereocenters. The van der Waals surface area contributed by atoms with Crippen LogP contribution in [0.5, 0.6) is 0 Å². The van der Waals surface area contributed by atoms with Gasteiger partial charge in [0.1, 0.15) is 5.76 Å². The average molecular weight is 382 g/mol. The third-order valence-corrected chi connectivity index (χ3v) is 5.19. The maximum atomic E-state index is 5.56. The number of nitrogens with one attached hydrogen (secondary N) is 1. The van der Waals surface area contributed by atoms with E-state index < -0.39 is 0 Å². The lowest BCUT2D eigenvalue weighted by atomic mass is 10.1. The predicted octanol–water partition coefficient (Wildman–Crippen LogP) is 3.66. The van der Waals surface area contributed by atoms with E-state index in [9.17, 15) is 0 Å². The smallest absolute Gasteiger partial charge is 0.204 e. The number of aromatic nitrogens is 2. The number of isothiocyanates is 1. The molecule has 0 amide bonds. The Morgan fingerprint density at radius 1 is 1.22 bits per heavy atom.